The summed E-state index contributed by atoms with van der Waals surface area (Å²) in [6, 6.07) is 12.4. The highest BCUT2D eigenvalue weighted by Crippen LogP contribution is 2.19. The van der Waals surface area contributed by atoms with Crippen molar-refractivity contribution in [3.63, 3.8) is 0 Å². The second kappa shape index (κ2) is 9.26. The lowest BCUT2D eigenvalue weighted by Crippen LogP contribution is -2.38. The zero-order valence-corrected chi connectivity index (χ0v) is 17.1. The van der Waals surface area contributed by atoms with E-state index in [1.165, 1.54) is 11.1 Å². The third kappa shape index (κ3) is 4.82. The summed E-state index contributed by atoms with van der Waals surface area (Å²) in [6.07, 6.45) is 2.91. The minimum Gasteiger partial charge on any atom is -0.496 e. The Kier molecular flexibility index (Phi) is 6.53. The van der Waals surface area contributed by atoms with Crippen molar-refractivity contribution in [3.8, 4) is 5.75 Å². The topological polar surface area (TPSA) is 63.0 Å². The highest BCUT2D eigenvalue weighted by atomic mass is 16.5. The largest absolute Gasteiger partial charge is 0.496 e. The van der Waals surface area contributed by atoms with Gasteiger partial charge in [0.1, 0.15) is 11.4 Å². The van der Waals surface area contributed by atoms with Gasteiger partial charge in [0.25, 0.3) is 0 Å². The van der Waals surface area contributed by atoms with Crippen LogP contribution in [0.3, 0.4) is 0 Å². The van der Waals surface area contributed by atoms with Crippen molar-refractivity contribution in [1.29, 1.82) is 0 Å². The van der Waals surface area contributed by atoms with Crippen LogP contribution in [0.1, 0.15) is 29.4 Å². The van der Waals surface area contributed by atoms with E-state index < -0.39 is 0 Å². The SMILES string of the molecule is CCNC(=NCc1cn2c(C)cccc2n1)NCCc1cc(C)ccc1OC. The molecule has 0 aliphatic heterocycles. The van der Waals surface area contributed by atoms with Gasteiger partial charge >= 0.3 is 0 Å². The number of rotatable bonds is 7. The first-order valence-corrected chi connectivity index (χ1v) is 9.70. The molecule has 0 fully saturated rings. The molecule has 3 aromatic rings. The number of methoxy groups -OCH3 is 1. The number of hydrogen-bond acceptors (Lipinski definition) is 3. The van der Waals surface area contributed by atoms with Gasteiger partial charge in [-0.3, -0.25) is 0 Å². The summed E-state index contributed by atoms with van der Waals surface area (Å²) in [7, 11) is 1.71. The summed E-state index contributed by atoms with van der Waals surface area (Å²) in [4.78, 5) is 9.34. The average Bonchev–Trinajstić information content (AvgIpc) is 3.11. The molecule has 0 unspecified atom stereocenters. The van der Waals surface area contributed by atoms with Crippen molar-refractivity contribution >= 4 is 11.6 Å². The smallest absolute Gasteiger partial charge is 0.191 e. The quantitative estimate of drug-likeness (QED) is 0.489. The summed E-state index contributed by atoms with van der Waals surface area (Å²) < 4.78 is 7.56. The molecule has 3 rings (SSSR count). The van der Waals surface area contributed by atoms with Crippen LogP contribution < -0.4 is 15.4 Å². The van der Waals surface area contributed by atoms with Crippen molar-refractivity contribution in [2.75, 3.05) is 20.2 Å². The molecular formula is C22H29N5O. The molecule has 148 valence electrons. The minimum atomic E-state index is 0.532. The monoisotopic (exact) mass is 379 g/mol. The van der Waals surface area contributed by atoms with Crippen LogP contribution in [0, 0.1) is 13.8 Å². The van der Waals surface area contributed by atoms with Gasteiger partial charge < -0.3 is 19.8 Å². The molecule has 0 saturated carbocycles. The van der Waals surface area contributed by atoms with Crippen LogP contribution >= 0.6 is 0 Å². The van der Waals surface area contributed by atoms with Crippen molar-refractivity contribution in [2.45, 2.75) is 33.7 Å². The van der Waals surface area contributed by atoms with Gasteiger partial charge in [-0.25, -0.2) is 9.98 Å². The maximum atomic E-state index is 5.46. The lowest BCUT2D eigenvalue weighted by molar-refractivity contribution is 0.409. The van der Waals surface area contributed by atoms with Crippen LogP contribution in [-0.2, 0) is 13.0 Å². The van der Waals surface area contributed by atoms with Gasteiger partial charge in [-0.15, -0.1) is 0 Å². The molecule has 0 bridgehead atoms. The second-order valence-electron chi connectivity index (χ2n) is 6.81. The first-order chi connectivity index (χ1) is 13.6. The molecule has 2 aromatic heterocycles. The van der Waals surface area contributed by atoms with E-state index in [1.807, 2.05) is 18.2 Å². The predicted octanol–water partition coefficient (Wildman–Crippen LogP) is 3.26. The van der Waals surface area contributed by atoms with Crippen LogP contribution in [0.15, 0.2) is 47.6 Å². The summed E-state index contributed by atoms with van der Waals surface area (Å²) in [6.45, 7) is 8.35. The van der Waals surface area contributed by atoms with Gasteiger partial charge in [-0.2, -0.15) is 0 Å². The summed E-state index contributed by atoms with van der Waals surface area (Å²) in [5.74, 6) is 1.72. The van der Waals surface area contributed by atoms with Gasteiger partial charge in [0.05, 0.1) is 19.3 Å². The molecule has 0 spiro atoms. The Morgan fingerprint density at radius 2 is 2.04 bits per heavy atom. The number of benzene rings is 1. The Morgan fingerprint density at radius 3 is 2.79 bits per heavy atom. The molecular weight excluding hydrogens is 350 g/mol. The molecule has 2 heterocycles. The van der Waals surface area contributed by atoms with E-state index >= 15 is 0 Å². The van der Waals surface area contributed by atoms with Crippen LogP contribution in [-0.4, -0.2) is 35.5 Å². The number of guanidine groups is 1. The van der Waals surface area contributed by atoms with Gasteiger partial charge in [0.2, 0.25) is 0 Å². The highest BCUT2D eigenvalue weighted by Gasteiger charge is 2.06. The van der Waals surface area contributed by atoms with E-state index in [-0.39, 0.29) is 0 Å². The number of hydrogen-bond donors (Lipinski definition) is 2. The number of nitrogens with zero attached hydrogens (tertiary/aromatic N) is 3. The molecule has 28 heavy (non-hydrogen) atoms. The number of aryl methyl sites for hydroxylation is 2. The van der Waals surface area contributed by atoms with Crippen molar-refractivity contribution < 1.29 is 4.74 Å². The molecule has 2 N–H and O–H groups in total. The zero-order valence-electron chi connectivity index (χ0n) is 17.1. The van der Waals surface area contributed by atoms with E-state index in [0.717, 1.165) is 48.3 Å². The van der Waals surface area contributed by atoms with E-state index in [1.54, 1.807) is 7.11 Å². The molecule has 0 radical (unpaired) electrons. The maximum Gasteiger partial charge on any atom is 0.191 e. The molecule has 1 aromatic carbocycles. The predicted molar refractivity (Wildman–Crippen MR) is 114 cm³/mol. The standard InChI is InChI=1S/C22H29N5O/c1-5-23-22(24-12-11-18-13-16(2)9-10-20(18)28-4)25-14-19-15-27-17(3)7-6-8-21(27)26-19/h6-10,13,15H,5,11-12,14H2,1-4H3,(H2,23,24,25). The Morgan fingerprint density at radius 1 is 1.18 bits per heavy atom. The van der Waals surface area contributed by atoms with Crippen molar-refractivity contribution in [1.82, 2.24) is 20.0 Å². The summed E-state index contributed by atoms with van der Waals surface area (Å²) in [5, 5.41) is 6.70. The third-order valence-corrected chi connectivity index (χ3v) is 4.61. The minimum absolute atomic E-state index is 0.532. The molecule has 0 saturated heterocycles. The molecule has 0 aliphatic rings. The molecule has 0 atom stereocenters. The van der Waals surface area contributed by atoms with E-state index in [9.17, 15) is 0 Å². The van der Waals surface area contributed by atoms with E-state index in [4.69, 9.17) is 4.74 Å². The number of nitrogens with one attached hydrogen (secondary N) is 2. The van der Waals surface area contributed by atoms with E-state index in [2.05, 4.69) is 70.2 Å². The normalized spacial score (nSPS) is 11.6. The number of ether oxygens (including phenoxy) is 1. The number of aromatic nitrogens is 2. The fraction of sp³-hybridized carbons (Fsp3) is 0.364. The molecule has 0 aliphatic carbocycles. The first kappa shape index (κ1) is 19.7. The average molecular weight is 380 g/mol. The van der Waals surface area contributed by atoms with Crippen LogP contribution in [0.2, 0.25) is 0 Å². The van der Waals surface area contributed by atoms with Crippen LogP contribution in [0.25, 0.3) is 5.65 Å². The van der Waals surface area contributed by atoms with Gasteiger partial charge in [-0.05, 0) is 51.0 Å². The molecule has 6 heteroatoms. The number of aliphatic imine (C=N–C) groups is 1. The lowest BCUT2D eigenvalue weighted by Gasteiger charge is -2.13. The molecule has 6 nitrogen and oxygen atoms in total. The zero-order chi connectivity index (χ0) is 19.9. The maximum absolute atomic E-state index is 5.46. The summed E-state index contributed by atoms with van der Waals surface area (Å²) in [5.41, 5.74) is 5.50. The van der Waals surface area contributed by atoms with Gasteiger partial charge in [0, 0.05) is 25.0 Å². The van der Waals surface area contributed by atoms with Crippen molar-refractivity contribution in [2.24, 2.45) is 4.99 Å². The number of imidazole rings is 1. The number of pyridine rings is 1. The second-order valence-corrected chi connectivity index (χ2v) is 6.81. The third-order valence-electron chi connectivity index (χ3n) is 4.61. The van der Waals surface area contributed by atoms with Gasteiger partial charge in [-0.1, -0.05) is 23.8 Å². The van der Waals surface area contributed by atoms with Crippen molar-refractivity contribution in [3.05, 3.63) is 65.1 Å². The Bertz CT molecular complexity index is 961. The Hall–Kier alpha value is -3.02. The van der Waals surface area contributed by atoms with Crippen LogP contribution in [0.5, 0.6) is 5.75 Å². The Labute approximate surface area is 166 Å². The number of fused-ring (bicyclic) bond motifs is 1. The van der Waals surface area contributed by atoms with Gasteiger partial charge in [0.15, 0.2) is 5.96 Å². The van der Waals surface area contributed by atoms with Crippen LogP contribution in [0.4, 0.5) is 0 Å². The fourth-order valence-corrected chi connectivity index (χ4v) is 3.20. The Balaban J connectivity index is 1.64. The summed E-state index contributed by atoms with van der Waals surface area (Å²) >= 11 is 0. The highest BCUT2D eigenvalue weighted by molar-refractivity contribution is 5.79. The fourth-order valence-electron chi connectivity index (χ4n) is 3.20. The first-order valence-electron chi connectivity index (χ1n) is 9.70. The molecule has 0 amide bonds. The lowest BCUT2D eigenvalue weighted by atomic mass is 10.1. The van der Waals surface area contributed by atoms with E-state index in [0.29, 0.717) is 6.54 Å².